The van der Waals surface area contributed by atoms with Crippen LogP contribution in [0.3, 0.4) is 0 Å². The van der Waals surface area contributed by atoms with Gasteiger partial charge in [-0.15, -0.1) is 6.58 Å². The molecule has 0 saturated carbocycles. The molecule has 0 bridgehead atoms. The topological polar surface area (TPSA) is 90.7 Å². The Kier molecular flexibility index (Phi) is 6.74. The van der Waals surface area contributed by atoms with Crippen LogP contribution in [0.25, 0.3) is 0 Å². The Labute approximate surface area is 207 Å². The second kappa shape index (κ2) is 9.33. The van der Waals surface area contributed by atoms with Gasteiger partial charge >= 0.3 is 0 Å². The molecule has 35 heavy (non-hydrogen) atoms. The van der Waals surface area contributed by atoms with Crippen molar-refractivity contribution < 1.29 is 23.3 Å². The van der Waals surface area contributed by atoms with Crippen LogP contribution in [-0.2, 0) is 15.8 Å². The summed E-state index contributed by atoms with van der Waals surface area (Å²) in [5.74, 6) is -0.794. The van der Waals surface area contributed by atoms with E-state index in [-0.39, 0.29) is 28.9 Å². The maximum atomic E-state index is 14.3. The molecule has 1 aromatic heterocycles. The van der Waals surface area contributed by atoms with Crippen LogP contribution in [0, 0.1) is 5.92 Å². The lowest BCUT2D eigenvalue weighted by Gasteiger charge is -2.50. The zero-order valence-electron chi connectivity index (χ0n) is 21.1. The number of rotatable bonds is 8. The molecule has 8 heteroatoms. The van der Waals surface area contributed by atoms with Crippen molar-refractivity contribution >= 4 is 19.9 Å². The number of hydrogen-bond acceptors (Lipinski definition) is 7. The number of hydrogen-bond donors (Lipinski definition) is 1. The number of nitrogens with zero attached hydrogens (tertiary/aromatic N) is 1. The quantitative estimate of drug-likeness (QED) is 0.307. The van der Waals surface area contributed by atoms with Gasteiger partial charge in [0.25, 0.3) is 5.88 Å². The molecule has 1 unspecified atom stereocenters. The number of fused-ring (bicyclic) bond motifs is 2. The van der Waals surface area contributed by atoms with E-state index in [1.54, 1.807) is 6.08 Å². The first kappa shape index (κ1) is 25.3. The molecule has 0 saturated heterocycles. The minimum Gasteiger partial charge on any atom is -0.470 e. The van der Waals surface area contributed by atoms with Crippen molar-refractivity contribution in [2.24, 2.45) is 5.92 Å². The molecule has 186 valence electrons. The lowest BCUT2D eigenvalue weighted by molar-refractivity contribution is -0.133. The van der Waals surface area contributed by atoms with Gasteiger partial charge < -0.3 is 19.0 Å². The largest absolute Gasteiger partial charge is 0.470 e. The average molecular weight is 495 g/mol. The molecule has 3 atom stereocenters. The van der Waals surface area contributed by atoms with Crippen LogP contribution in [0.15, 0.2) is 59.7 Å². The van der Waals surface area contributed by atoms with Gasteiger partial charge in [-0.1, -0.05) is 63.3 Å². The molecular formula is C27H34N2O5Si. The molecule has 0 spiro atoms. The minimum absolute atomic E-state index is 0.0817. The fourth-order valence-electron chi connectivity index (χ4n) is 4.52. The second-order valence-corrected chi connectivity index (χ2v) is 15.4. The summed E-state index contributed by atoms with van der Waals surface area (Å²) in [4.78, 5) is 28.0. The number of carbonyl (C=O) groups is 2. The number of ether oxygens (including phenoxy) is 1. The maximum Gasteiger partial charge on any atom is 0.265 e. The van der Waals surface area contributed by atoms with E-state index in [9.17, 15) is 9.59 Å². The first-order chi connectivity index (χ1) is 16.5. The summed E-state index contributed by atoms with van der Waals surface area (Å²) in [6.07, 6.45) is 5.51. The molecule has 1 aromatic carbocycles. The standard InChI is InChI=1S/C27H34N2O5Si/c1-7-16-28-22-19-14-11-15-20(30)27(19,34-35(5,6)26(2,3)4)24(31)21-23(22)33-29-25(21)32-17-18-12-9-8-10-13-18/h7-13,15,19,22,28H,1,14,16-17H2,2-6H3/t19?,22-,27-/m0/s1. The SMILES string of the molecule is C=CCN[C@@H]1c2onc(OCc3ccccc3)c2C(=O)[C@@]2(O[Si](C)(C)C(C)(C)C)C(=O)C=CCC12. The Morgan fingerprint density at radius 1 is 1.26 bits per heavy atom. The Balaban J connectivity index is 1.83. The van der Waals surface area contributed by atoms with E-state index in [1.165, 1.54) is 6.08 Å². The lowest BCUT2D eigenvalue weighted by atomic mass is 9.65. The van der Waals surface area contributed by atoms with Crippen LogP contribution in [0.1, 0.15) is 54.9 Å². The van der Waals surface area contributed by atoms with Crippen LogP contribution in [0.2, 0.25) is 18.1 Å². The molecule has 1 N–H and O–H groups in total. The zero-order chi connectivity index (χ0) is 25.4. The summed E-state index contributed by atoms with van der Waals surface area (Å²) >= 11 is 0. The molecule has 2 aromatic rings. The number of nitrogens with one attached hydrogen (secondary N) is 1. The third-order valence-electron chi connectivity index (χ3n) is 7.41. The zero-order valence-corrected chi connectivity index (χ0v) is 22.1. The van der Waals surface area contributed by atoms with Crippen molar-refractivity contribution in [3.8, 4) is 5.88 Å². The first-order valence-corrected chi connectivity index (χ1v) is 14.9. The van der Waals surface area contributed by atoms with Crippen LogP contribution in [-0.4, -0.2) is 37.2 Å². The van der Waals surface area contributed by atoms with Crippen molar-refractivity contribution in [3.63, 3.8) is 0 Å². The third kappa shape index (κ3) is 4.35. The summed E-state index contributed by atoms with van der Waals surface area (Å²) in [6.45, 7) is 14.9. The molecule has 7 nitrogen and oxygen atoms in total. The fraction of sp³-hybridized carbons (Fsp3) is 0.444. The summed E-state index contributed by atoms with van der Waals surface area (Å²) in [5, 5.41) is 7.31. The highest BCUT2D eigenvalue weighted by Crippen LogP contribution is 2.52. The van der Waals surface area contributed by atoms with Crippen molar-refractivity contribution in [1.82, 2.24) is 10.5 Å². The van der Waals surface area contributed by atoms with Crippen LogP contribution in [0.5, 0.6) is 5.88 Å². The van der Waals surface area contributed by atoms with Gasteiger partial charge in [-0.25, -0.2) is 0 Å². The summed E-state index contributed by atoms with van der Waals surface area (Å²) in [7, 11) is -2.56. The Morgan fingerprint density at radius 2 is 1.97 bits per heavy atom. The highest BCUT2D eigenvalue weighted by molar-refractivity contribution is 6.74. The van der Waals surface area contributed by atoms with Gasteiger partial charge in [-0.3, -0.25) is 9.59 Å². The van der Waals surface area contributed by atoms with Gasteiger partial charge in [0.05, 0.1) is 6.04 Å². The number of ketones is 2. The van der Waals surface area contributed by atoms with Gasteiger partial charge in [-0.2, -0.15) is 0 Å². The lowest BCUT2D eigenvalue weighted by Crippen LogP contribution is -2.65. The average Bonchev–Trinajstić information content (AvgIpc) is 3.23. The highest BCUT2D eigenvalue weighted by atomic mass is 28.4. The Morgan fingerprint density at radius 3 is 2.63 bits per heavy atom. The summed E-state index contributed by atoms with van der Waals surface area (Å²) in [5.41, 5.74) is -0.559. The van der Waals surface area contributed by atoms with Crippen molar-refractivity contribution in [3.05, 3.63) is 72.0 Å². The number of benzene rings is 1. The smallest absolute Gasteiger partial charge is 0.265 e. The number of aromatic nitrogens is 1. The molecule has 2 aliphatic rings. The van der Waals surface area contributed by atoms with Gasteiger partial charge in [0, 0.05) is 12.5 Å². The number of allylic oxidation sites excluding steroid dienone is 1. The first-order valence-electron chi connectivity index (χ1n) is 12.0. The molecule has 0 amide bonds. The number of carbonyl (C=O) groups excluding carboxylic acids is 2. The predicted octanol–water partition coefficient (Wildman–Crippen LogP) is 5.17. The van der Waals surface area contributed by atoms with Gasteiger partial charge in [-0.05, 0) is 41.3 Å². The molecule has 0 fully saturated rings. The highest BCUT2D eigenvalue weighted by Gasteiger charge is 2.64. The molecule has 2 aliphatic carbocycles. The van der Waals surface area contributed by atoms with Gasteiger partial charge in [0.1, 0.15) is 12.2 Å². The maximum absolute atomic E-state index is 14.3. The third-order valence-corrected chi connectivity index (χ3v) is 11.9. The second-order valence-electron chi connectivity index (χ2n) is 10.7. The molecule has 0 aliphatic heterocycles. The molecular weight excluding hydrogens is 460 g/mol. The summed E-state index contributed by atoms with van der Waals surface area (Å²) < 4.78 is 18.5. The van der Waals surface area contributed by atoms with Crippen LogP contribution < -0.4 is 10.1 Å². The number of Topliss-reactive ketones (excluding diaryl/α,β-unsaturated/α-hetero) is 1. The minimum atomic E-state index is -2.56. The monoisotopic (exact) mass is 494 g/mol. The molecule has 4 rings (SSSR count). The van der Waals surface area contributed by atoms with E-state index in [1.807, 2.05) is 36.4 Å². The Bertz CT molecular complexity index is 1150. The normalized spacial score (nSPS) is 24.1. The molecule has 1 heterocycles. The summed E-state index contributed by atoms with van der Waals surface area (Å²) in [6, 6.07) is 9.13. The van der Waals surface area contributed by atoms with Crippen LogP contribution >= 0.6 is 0 Å². The van der Waals surface area contributed by atoms with Gasteiger partial charge in [0.2, 0.25) is 5.78 Å². The Hall–Kier alpha value is -2.81. The van der Waals surface area contributed by atoms with E-state index >= 15 is 0 Å². The molecule has 0 radical (unpaired) electrons. The van der Waals surface area contributed by atoms with Crippen molar-refractivity contribution in [2.45, 2.75) is 63.6 Å². The van der Waals surface area contributed by atoms with E-state index in [2.05, 4.69) is 50.9 Å². The van der Waals surface area contributed by atoms with Crippen molar-refractivity contribution in [1.29, 1.82) is 0 Å². The van der Waals surface area contributed by atoms with Crippen molar-refractivity contribution in [2.75, 3.05) is 6.54 Å². The predicted molar refractivity (Wildman–Crippen MR) is 136 cm³/mol. The fourth-order valence-corrected chi connectivity index (χ4v) is 5.98. The van der Waals surface area contributed by atoms with E-state index < -0.39 is 31.7 Å². The van der Waals surface area contributed by atoms with Crippen LogP contribution in [0.4, 0.5) is 0 Å². The van der Waals surface area contributed by atoms with E-state index in [0.29, 0.717) is 18.7 Å². The van der Waals surface area contributed by atoms with E-state index in [0.717, 1.165) is 5.56 Å². The van der Waals surface area contributed by atoms with E-state index in [4.69, 9.17) is 13.7 Å². The van der Waals surface area contributed by atoms with Gasteiger partial charge in [0.15, 0.2) is 25.5 Å².